The van der Waals surface area contributed by atoms with Crippen molar-refractivity contribution >= 4 is 17.7 Å². The van der Waals surface area contributed by atoms with Crippen molar-refractivity contribution in [3.8, 4) is 0 Å². The highest BCUT2D eigenvalue weighted by Crippen LogP contribution is 2.28. The molecule has 3 aliphatic heterocycles. The number of likely N-dealkylation sites (tertiary alicyclic amines) is 1. The lowest BCUT2D eigenvalue weighted by Gasteiger charge is -2.35. The van der Waals surface area contributed by atoms with Crippen LogP contribution in [0, 0.1) is 0 Å². The molecule has 2 saturated heterocycles. The van der Waals surface area contributed by atoms with Crippen molar-refractivity contribution < 1.29 is 18.8 Å². The average molecular weight is 465 g/mol. The maximum atomic E-state index is 14.4. The number of hydrogen-bond acceptors (Lipinski definition) is 5. The van der Waals surface area contributed by atoms with Gasteiger partial charge in [-0.3, -0.25) is 24.6 Å². The number of alkyl halides is 1. The summed E-state index contributed by atoms with van der Waals surface area (Å²) in [4.78, 5) is 40.2. The molecule has 3 heterocycles. The van der Waals surface area contributed by atoms with Crippen LogP contribution in [0.3, 0.4) is 0 Å². The Kier molecular flexibility index (Phi) is 6.43. The minimum atomic E-state index is -0.866. The Hall–Kier alpha value is -3.10. The molecule has 34 heavy (non-hydrogen) atoms. The standard InChI is InChI=1S/C26H29FN4O3/c27-20-11-21(16-30(15-20)13-17-4-2-1-3-5-17)28-12-18-6-7-22-19(10-18)14-31(26(22)34)23-8-9-24(32)29-25(23)33/h1-7,10,20-21,23,28H,8-9,11-16H2,(H,29,32,33)/t20-,21+,23?/m0/s1. The van der Waals surface area contributed by atoms with Gasteiger partial charge in [0, 0.05) is 50.7 Å². The lowest BCUT2D eigenvalue weighted by Crippen LogP contribution is -2.52. The molecule has 3 amide bonds. The molecule has 3 atom stereocenters. The van der Waals surface area contributed by atoms with Crippen molar-refractivity contribution in [2.75, 3.05) is 13.1 Å². The number of carbonyl (C=O) groups excluding carboxylic acids is 3. The van der Waals surface area contributed by atoms with Crippen molar-refractivity contribution in [1.29, 1.82) is 0 Å². The van der Waals surface area contributed by atoms with Gasteiger partial charge in [0.25, 0.3) is 5.91 Å². The van der Waals surface area contributed by atoms with E-state index in [9.17, 15) is 18.8 Å². The number of carbonyl (C=O) groups is 3. The van der Waals surface area contributed by atoms with Crippen LogP contribution in [0.25, 0.3) is 0 Å². The van der Waals surface area contributed by atoms with E-state index in [2.05, 4.69) is 27.7 Å². The normalized spacial score (nSPS) is 25.4. The largest absolute Gasteiger partial charge is 0.322 e. The van der Waals surface area contributed by atoms with Gasteiger partial charge in [0.2, 0.25) is 11.8 Å². The lowest BCUT2D eigenvalue weighted by molar-refractivity contribution is -0.136. The van der Waals surface area contributed by atoms with E-state index in [1.807, 2.05) is 30.3 Å². The number of nitrogens with one attached hydrogen (secondary N) is 2. The Morgan fingerprint density at radius 1 is 1.03 bits per heavy atom. The molecule has 0 aromatic heterocycles. The summed E-state index contributed by atoms with van der Waals surface area (Å²) in [6.45, 7) is 2.90. The number of rotatable bonds is 6. The van der Waals surface area contributed by atoms with E-state index in [4.69, 9.17) is 0 Å². The minimum Gasteiger partial charge on any atom is -0.322 e. The molecular formula is C26H29FN4O3. The topological polar surface area (TPSA) is 81.8 Å². The first-order valence-electron chi connectivity index (χ1n) is 11.9. The number of fused-ring (bicyclic) bond motifs is 1. The zero-order chi connectivity index (χ0) is 23.7. The highest BCUT2D eigenvalue weighted by Gasteiger charge is 2.39. The van der Waals surface area contributed by atoms with Crippen molar-refractivity contribution in [3.63, 3.8) is 0 Å². The number of halogens is 1. The van der Waals surface area contributed by atoms with Gasteiger partial charge in [0.05, 0.1) is 0 Å². The summed E-state index contributed by atoms with van der Waals surface area (Å²) in [6, 6.07) is 15.3. The summed E-state index contributed by atoms with van der Waals surface area (Å²) in [5.41, 5.74) is 3.68. The number of piperidine rings is 2. The molecule has 0 spiro atoms. The van der Waals surface area contributed by atoms with Gasteiger partial charge in [-0.05, 0) is 35.6 Å². The molecule has 178 valence electrons. The summed E-state index contributed by atoms with van der Waals surface area (Å²) in [6.07, 6.45) is 0.210. The molecular weight excluding hydrogens is 435 g/mol. The third kappa shape index (κ3) is 4.88. The molecule has 0 bridgehead atoms. The van der Waals surface area contributed by atoms with Gasteiger partial charge >= 0.3 is 0 Å². The molecule has 0 radical (unpaired) electrons. The Bertz CT molecular complexity index is 1090. The van der Waals surface area contributed by atoms with Gasteiger partial charge in [-0.2, -0.15) is 0 Å². The molecule has 2 fully saturated rings. The summed E-state index contributed by atoms with van der Waals surface area (Å²) >= 11 is 0. The van der Waals surface area contributed by atoms with Gasteiger partial charge in [-0.15, -0.1) is 0 Å². The fourth-order valence-corrected chi connectivity index (χ4v) is 5.24. The number of hydrogen-bond donors (Lipinski definition) is 2. The van der Waals surface area contributed by atoms with E-state index in [0.717, 1.165) is 24.2 Å². The van der Waals surface area contributed by atoms with Crippen LogP contribution >= 0.6 is 0 Å². The van der Waals surface area contributed by atoms with Crippen molar-refractivity contribution in [3.05, 3.63) is 70.8 Å². The summed E-state index contributed by atoms with van der Waals surface area (Å²) < 4.78 is 14.4. The molecule has 3 aliphatic rings. The minimum absolute atomic E-state index is 0.0438. The van der Waals surface area contributed by atoms with Gasteiger partial charge < -0.3 is 10.2 Å². The second-order valence-electron chi connectivity index (χ2n) is 9.48. The molecule has 0 aliphatic carbocycles. The van der Waals surface area contributed by atoms with Crippen molar-refractivity contribution in [2.45, 2.75) is 57.2 Å². The predicted octanol–water partition coefficient (Wildman–Crippen LogP) is 2.15. The van der Waals surface area contributed by atoms with Crippen LogP contribution < -0.4 is 10.6 Å². The summed E-state index contributed by atoms with van der Waals surface area (Å²) in [5.74, 6) is -0.870. The SMILES string of the molecule is O=C1CCC(N2Cc3cc(CN[C@@H]4C[C@H](F)CN(Cc5ccccc5)C4)ccc3C2=O)C(=O)N1. The fourth-order valence-electron chi connectivity index (χ4n) is 5.24. The Morgan fingerprint density at radius 3 is 2.65 bits per heavy atom. The summed E-state index contributed by atoms with van der Waals surface area (Å²) in [7, 11) is 0. The van der Waals surface area contributed by atoms with E-state index >= 15 is 0 Å². The third-order valence-corrected chi connectivity index (χ3v) is 6.91. The van der Waals surface area contributed by atoms with Crippen LogP contribution in [-0.2, 0) is 29.2 Å². The number of benzene rings is 2. The quantitative estimate of drug-likeness (QED) is 0.641. The first-order valence-corrected chi connectivity index (χ1v) is 11.9. The summed E-state index contributed by atoms with van der Waals surface area (Å²) in [5, 5.41) is 5.82. The first kappa shape index (κ1) is 22.7. The maximum absolute atomic E-state index is 14.4. The first-order chi connectivity index (χ1) is 16.5. The van der Waals surface area contributed by atoms with Gasteiger partial charge in [-0.25, -0.2) is 4.39 Å². The lowest BCUT2D eigenvalue weighted by atomic mass is 10.0. The van der Waals surface area contributed by atoms with E-state index in [-0.39, 0.29) is 24.3 Å². The molecule has 0 saturated carbocycles. The predicted molar refractivity (Wildman–Crippen MR) is 124 cm³/mol. The van der Waals surface area contributed by atoms with Crippen molar-refractivity contribution in [1.82, 2.24) is 20.4 Å². The molecule has 2 aromatic rings. The molecule has 2 N–H and O–H groups in total. The van der Waals surface area contributed by atoms with E-state index in [0.29, 0.717) is 38.0 Å². The zero-order valence-corrected chi connectivity index (χ0v) is 19.0. The smallest absolute Gasteiger partial charge is 0.255 e. The average Bonchev–Trinajstić information content (AvgIpc) is 3.13. The number of amides is 3. The van der Waals surface area contributed by atoms with E-state index < -0.39 is 18.1 Å². The molecule has 5 rings (SSSR count). The van der Waals surface area contributed by atoms with Crippen molar-refractivity contribution in [2.24, 2.45) is 0 Å². The number of nitrogens with zero attached hydrogens (tertiary/aromatic N) is 2. The monoisotopic (exact) mass is 464 g/mol. The number of imide groups is 1. The van der Waals surface area contributed by atoms with Crippen LogP contribution in [0.2, 0.25) is 0 Å². The fraction of sp³-hybridized carbons (Fsp3) is 0.423. The van der Waals surface area contributed by atoms with E-state index in [1.165, 1.54) is 5.56 Å². The van der Waals surface area contributed by atoms with Crippen LogP contribution in [0.15, 0.2) is 48.5 Å². The Labute approximate surface area is 198 Å². The van der Waals surface area contributed by atoms with Gasteiger partial charge in [-0.1, -0.05) is 42.5 Å². The van der Waals surface area contributed by atoms with Crippen LogP contribution in [0.1, 0.15) is 46.3 Å². The van der Waals surface area contributed by atoms with E-state index in [1.54, 1.807) is 11.0 Å². The highest BCUT2D eigenvalue weighted by molar-refractivity contribution is 6.05. The highest BCUT2D eigenvalue weighted by atomic mass is 19.1. The molecule has 1 unspecified atom stereocenters. The Morgan fingerprint density at radius 2 is 1.85 bits per heavy atom. The maximum Gasteiger partial charge on any atom is 0.255 e. The van der Waals surface area contributed by atoms with Gasteiger partial charge in [0.15, 0.2) is 0 Å². The zero-order valence-electron chi connectivity index (χ0n) is 19.0. The third-order valence-electron chi connectivity index (χ3n) is 6.91. The second kappa shape index (κ2) is 9.64. The van der Waals surface area contributed by atoms with Gasteiger partial charge in [0.1, 0.15) is 12.2 Å². The molecule has 7 nitrogen and oxygen atoms in total. The molecule has 8 heteroatoms. The van der Waals surface area contributed by atoms with Crippen LogP contribution in [0.4, 0.5) is 4.39 Å². The molecule has 2 aromatic carbocycles. The van der Waals surface area contributed by atoms with Crippen LogP contribution in [0.5, 0.6) is 0 Å². The Balaban J connectivity index is 1.19. The van der Waals surface area contributed by atoms with Crippen LogP contribution in [-0.4, -0.2) is 58.9 Å². The second-order valence-corrected chi connectivity index (χ2v) is 9.48.